The molecule has 20 heavy (non-hydrogen) atoms. The maximum Gasteiger partial charge on any atom is 0.254 e. The quantitative estimate of drug-likeness (QED) is 0.862. The van der Waals surface area contributed by atoms with Gasteiger partial charge in [-0.25, -0.2) is 4.98 Å². The largest absolute Gasteiger partial charge is 0.310 e. The third-order valence-corrected chi connectivity index (χ3v) is 3.71. The first-order valence-electron chi connectivity index (χ1n) is 6.58. The van der Waals surface area contributed by atoms with Crippen LogP contribution in [0.4, 0.5) is 0 Å². The highest BCUT2D eigenvalue weighted by Gasteiger charge is 2.20. The van der Waals surface area contributed by atoms with E-state index in [9.17, 15) is 4.79 Å². The highest BCUT2D eigenvalue weighted by atomic mass is 35.5. The van der Waals surface area contributed by atoms with E-state index in [4.69, 9.17) is 11.6 Å². The molecule has 0 aliphatic rings. The number of halogens is 1. The van der Waals surface area contributed by atoms with Gasteiger partial charge in [-0.05, 0) is 25.5 Å². The number of rotatable bonds is 1. The Morgan fingerprint density at radius 2 is 1.85 bits per heavy atom. The van der Waals surface area contributed by atoms with E-state index in [1.807, 2.05) is 45.9 Å². The molecule has 0 radical (unpaired) electrons. The van der Waals surface area contributed by atoms with Crippen molar-refractivity contribution in [1.82, 2.24) is 9.97 Å². The summed E-state index contributed by atoms with van der Waals surface area (Å²) in [4.78, 5) is 19.6. The molecule has 106 valence electrons. The first-order chi connectivity index (χ1) is 9.20. The van der Waals surface area contributed by atoms with Crippen molar-refractivity contribution in [2.75, 3.05) is 0 Å². The summed E-state index contributed by atoms with van der Waals surface area (Å²) >= 11 is 6.17. The van der Waals surface area contributed by atoms with Crippen LogP contribution in [0.5, 0.6) is 0 Å². The third kappa shape index (κ3) is 2.78. The highest BCUT2D eigenvalue weighted by molar-refractivity contribution is 6.31. The zero-order chi connectivity index (χ0) is 15.1. The van der Waals surface area contributed by atoms with Crippen LogP contribution in [0.2, 0.25) is 5.02 Å². The zero-order valence-corrected chi connectivity index (χ0v) is 13.2. The van der Waals surface area contributed by atoms with E-state index in [1.54, 1.807) is 6.92 Å². The minimum atomic E-state index is -0.212. The van der Waals surface area contributed by atoms with Gasteiger partial charge in [-0.3, -0.25) is 4.79 Å². The Kier molecular flexibility index (Phi) is 3.74. The molecule has 0 aliphatic heterocycles. The van der Waals surface area contributed by atoms with Crippen molar-refractivity contribution in [2.24, 2.45) is 0 Å². The van der Waals surface area contributed by atoms with E-state index in [0.29, 0.717) is 22.1 Å². The van der Waals surface area contributed by atoms with E-state index in [1.165, 1.54) is 0 Å². The molecule has 2 rings (SSSR count). The summed E-state index contributed by atoms with van der Waals surface area (Å²) in [5.74, 6) is 0.680. The van der Waals surface area contributed by atoms with E-state index in [-0.39, 0.29) is 11.0 Å². The number of H-pyrrole nitrogens is 1. The minimum Gasteiger partial charge on any atom is -0.310 e. The molecule has 0 saturated carbocycles. The molecular formula is C16H19ClN2O. The first kappa shape index (κ1) is 14.8. The molecule has 1 aromatic heterocycles. The normalized spacial score (nSPS) is 11.7. The summed E-state index contributed by atoms with van der Waals surface area (Å²) in [5.41, 5.74) is 2.87. The number of hydrogen-bond donors (Lipinski definition) is 1. The van der Waals surface area contributed by atoms with Gasteiger partial charge in [0.2, 0.25) is 0 Å². The second kappa shape index (κ2) is 5.06. The van der Waals surface area contributed by atoms with Crippen LogP contribution in [0.25, 0.3) is 11.3 Å². The Bertz CT molecular complexity index is 711. The second-order valence-electron chi connectivity index (χ2n) is 6.10. The summed E-state index contributed by atoms with van der Waals surface area (Å²) in [6.07, 6.45) is 0. The highest BCUT2D eigenvalue weighted by Crippen LogP contribution is 2.27. The molecule has 3 nitrogen and oxygen atoms in total. The predicted octanol–water partition coefficient (Wildman–Crippen LogP) is 4.00. The van der Waals surface area contributed by atoms with Crippen molar-refractivity contribution >= 4 is 11.6 Å². The van der Waals surface area contributed by atoms with Gasteiger partial charge in [0.15, 0.2) is 0 Å². The Morgan fingerprint density at radius 1 is 1.20 bits per heavy atom. The number of aryl methyl sites for hydroxylation is 1. The molecule has 2 aromatic rings. The fourth-order valence-electron chi connectivity index (χ4n) is 1.91. The lowest BCUT2D eigenvalue weighted by molar-refractivity contribution is 0.542. The predicted molar refractivity (Wildman–Crippen MR) is 83.5 cm³/mol. The monoisotopic (exact) mass is 290 g/mol. The van der Waals surface area contributed by atoms with Crippen LogP contribution in [0, 0.1) is 13.8 Å². The average Bonchev–Trinajstić information content (AvgIpc) is 2.34. The van der Waals surface area contributed by atoms with Gasteiger partial charge in [-0.1, -0.05) is 44.5 Å². The molecule has 0 amide bonds. The van der Waals surface area contributed by atoms with Crippen molar-refractivity contribution < 1.29 is 0 Å². The molecule has 4 heteroatoms. The van der Waals surface area contributed by atoms with E-state index >= 15 is 0 Å². The minimum absolute atomic E-state index is 0.100. The summed E-state index contributed by atoms with van der Waals surface area (Å²) in [6, 6.07) is 5.75. The topological polar surface area (TPSA) is 45.8 Å². The van der Waals surface area contributed by atoms with Crippen molar-refractivity contribution in [3.05, 3.63) is 50.5 Å². The smallest absolute Gasteiger partial charge is 0.254 e. The Hall–Kier alpha value is -1.61. The van der Waals surface area contributed by atoms with E-state index < -0.39 is 0 Å². The van der Waals surface area contributed by atoms with Gasteiger partial charge in [0.1, 0.15) is 5.82 Å². The molecule has 0 atom stereocenters. The average molecular weight is 291 g/mol. The molecule has 0 saturated heterocycles. The van der Waals surface area contributed by atoms with Gasteiger partial charge in [0.05, 0.1) is 5.69 Å². The lowest BCUT2D eigenvalue weighted by atomic mass is 9.95. The van der Waals surface area contributed by atoms with Gasteiger partial charge < -0.3 is 4.98 Å². The molecule has 1 aromatic carbocycles. The molecule has 0 spiro atoms. The number of nitrogens with one attached hydrogen (secondary N) is 1. The number of benzene rings is 1. The number of hydrogen-bond acceptors (Lipinski definition) is 2. The van der Waals surface area contributed by atoms with Crippen molar-refractivity contribution in [3.8, 4) is 11.3 Å². The number of nitrogens with zero attached hydrogens (tertiary/aromatic N) is 1. The van der Waals surface area contributed by atoms with Gasteiger partial charge >= 0.3 is 0 Å². The van der Waals surface area contributed by atoms with Crippen LogP contribution in [0.3, 0.4) is 0 Å². The van der Waals surface area contributed by atoms with Gasteiger partial charge in [-0.2, -0.15) is 0 Å². The lowest BCUT2D eigenvalue weighted by Crippen LogP contribution is -2.24. The van der Waals surface area contributed by atoms with Crippen molar-refractivity contribution in [1.29, 1.82) is 0 Å². The fraction of sp³-hybridized carbons (Fsp3) is 0.375. The second-order valence-corrected chi connectivity index (χ2v) is 6.51. The van der Waals surface area contributed by atoms with Crippen molar-refractivity contribution in [2.45, 2.75) is 40.0 Å². The number of aromatic nitrogens is 2. The summed E-state index contributed by atoms with van der Waals surface area (Å²) in [5, 5.41) is 0.682. The fourth-order valence-corrected chi connectivity index (χ4v) is 2.09. The van der Waals surface area contributed by atoms with Crippen LogP contribution in [-0.4, -0.2) is 9.97 Å². The summed E-state index contributed by atoms with van der Waals surface area (Å²) in [6.45, 7) is 9.79. The first-order valence-corrected chi connectivity index (χ1v) is 6.96. The van der Waals surface area contributed by atoms with E-state index in [2.05, 4.69) is 9.97 Å². The zero-order valence-electron chi connectivity index (χ0n) is 12.5. The standard InChI is InChI=1S/C16H19ClN2O/c1-9-6-7-11(8-12(9)17)13-10(2)14(20)19-15(18-13)16(3,4)5/h6-8H,1-5H3,(H,18,19,20). The maximum atomic E-state index is 12.1. The Morgan fingerprint density at radius 3 is 2.40 bits per heavy atom. The van der Waals surface area contributed by atoms with Crippen LogP contribution in [0.1, 0.15) is 37.7 Å². The SMILES string of the molecule is Cc1ccc(-c2nc(C(C)(C)C)[nH]c(=O)c2C)cc1Cl. The summed E-state index contributed by atoms with van der Waals surface area (Å²) in [7, 11) is 0. The third-order valence-electron chi connectivity index (χ3n) is 3.31. The molecule has 0 bridgehead atoms. The molecule has 0 fully saturated rings. The van der Waals surface area contributed by atoms with Crippen LogP contribution in [0.15, 0.2) is 23.0 Å². The van der Waals surface area contributed by atoms with E-state index in [0.717, 1.165) is 11.1 Å². The maximum absolute atomic E-state index is 12.1. The van der Waals surface area contributed by atoms with Gasteiger partial charge in [-0.15, -0.1) is 0 Å². The molecular weight excluding hydrogens is 272 g/mol. The summed E-state index contributed by atoms with van der Waals surface area (Å²) < 4.78 is 0. The number of aromatic amines is 1. The van der Waals surface area contributed by atoms with Crippen LogP contribution < -0.4 is 5.56 Å². The Balaban J connectivity index is 2.70. The molecule has 0 aliphatic carbocycles. The molecule has 1 N–H and O–H groups in total. The molecule has 1 heterocycles. The van der Waals surface area contributed by atoms with Crippen LogP contribution >= 0.6 is 11.6 Å². The van der Waals surface area contributed by atoms with Gasteiger partial charge in [0, 0.05) is 21.6 Å². The Labute approximate surface area is 124 Å². The lowest BCUT2D eigenvalue weighted by Gasteiger charge is -2.19. The van der Waals surface area contributed by atoms with Crippen molar-refractivity contribution in [3.63, 3.8) is 0 Å². The van der Waals surface area contributed by atoms with Crippen LogP contribution in [-0.2, 0) is 5.41 Å². The molecule has 0 unspecified atom stereocenters. The van der Waals surface area contributed by atoms with Gasteiger partial charge in [0.25, 0.3) is 5.56 Å².